The molecule has 0 aliphatic rings. The number of carbonyl (C=O) groups excluding carboxylic acids is 1. The monoisotopic (exact) mass is 173 g/mol. The minimum atomic E-state index is -0.531. The van der Waals surface area contributed by atoms with Crippen molar-refractivity contribution in [1.82, 2.24) is 0 Å². The van der Waals surface area contributed by atoms with E-state index in [1.807, 2.05) is 13.8 Å². The number of hydrogen-bond acceptors (Lipinski definition) is 4. The Labute approximate surface area is 72.3 Å². The predicted molar refractivity (Wildman–Crippen MR) is 45.7 cm³/mol. The highest BCUT2D eigenvalue weighted by Crippen LogP contribution is 2.07. The fraction of sp³-hybridized carbons (Fsp3) is 0.875. The third-order valence-electron chi connectivity index (χ3n) is 1.83. The van der Waals surface area contributed by atoms with Crippen LogP contribution in [0.4, 0.5) is 0 Å². The van der Waals surface area contributed by atoms with Gasteiger partial charge in [-0.1, -0.05) is 31.9 Å². The summed E-state index contributed by atoms with van der Waals surface area (Å²) in [5.41, 5.74) is 0. The van der Waals surface area contributed by atoms with Crippen molar-refractivity contribution in [3.05, 3.63) is 4.91 Å². The number of nitroso groups, excluding NO2 is 1. The van der Waals surface area contributed by atoms with Gasteiger partial charge in [0.1, 0.15) is 0 Å². The second-order valence-electron chi connectivity index (χ2n) is 2.65. The third-order valence-corrected chi connectivity index (χ3v) is 1.83. The highest BCUT2D eigenvalue weighted by Gasteiger charge is 2.07. The Balaban J connectivity index is 3.51. The molecule has 0 atom stereocenters. The molecule has 0 aromatic heterocycles. The lowest BCUT2D eigenvalue weighted by atomic mass is 10.1. The summed E-state index contributed by atoms with van der Waals surface area (Å²) < 4.78 is 4.79. The number of ether oxygens (including phenoxy) is 1. The maximum absolute atomic E-state index is 10.7. The molecule has 0 fully saturated rings. The van der Waals surface area contributed by atoms with E-state index in [-0.39, 0.29) is 6.54 Å². The number of rotatable bonds is 6. The zero-order valence-corrected chi connectivity index (χ0v) is 7.58. The average molecular weight is 173 g/mol. The molecule has 0 aliphatic heterocycles. The SMILES string of the molecule is CCC(CC)COC(=O)CN=O. The molecule has 0 amide bonds. The van der Waals surface area contributed by atoms with Crippen LogP contribution in [0.5, 0.6) is 0 Å². The molecule has 70 valence electrons. The van der Waals surface area contributed by atoms with E-state index in [4.69, 9.17) is 4.74 Å². The largest absolute Gasteiger partial charge is 0.464 e. The molecule has 0 N–H and O–H groups in total. The van der Waals surface area contributed by atoms with Crippen molar-refractivity contribution in [2.75, 3.05) is 13.2 Å². The molecule has 0 heterocycles. The van der Waals surface area contributed by atoms with Crippen molar-refractivity contribution in [3.63, 3.8) is 0 Å². The third kappa shape index (κ3) is 4.82. The van der Waals surface area contributed by atoms with Crippen molar-refractivity contribution in [2.45, 2.75) is 26.7 Å². The second-order valence-corrected chi connectivity index (χ2v) is 2.65. The Morgan fingerprint density at radius 3 is 2.42 bits per heavy atom. The predicted octanol–water partition coefficient (Wildman–Crippen LogP) is 1.73. The summed E-state index contributed by atoms with van der Waals surface area (Å²) in [4.78, 5) is 20.3. The van der Waals surface area contributed by atoms with Crippen LogP contribution in [-0.2, 0) is 9.53 Å². The Hall–Kier alpha value is -0.930. The van der Waals surface area contributed by atoms with Gasteiger partial charge in [-0.2, -0.15) is 4.91 Å². The Bertz CT molecular complexity index is 143. The lowest BCUT2D eigenvalue weighted by molar-refractivity contribution is -0.143. The molecule has 0 rings (SSSR count). The standard InChI is InChI=1S/C8H15NO3/c1-3-7(4-2)6-12-8(10)5-9-11/h7H,3-6H2,1-2H3. The van der Waals surface area contributed by atoms with Gasteiger partial charge in [0.2, 0.25) is 0 Å². The van der Waals surface area contributed by atoms with Crippen molar-refractivity contribution in [2.24, 2.45) is 11.1 Å². The first kappa shape index (κ1) is 11.1. The Morgan fingerprint density at radius 1 is 1.42 bits per heavy atom. The fourth-order valence-corrected chi connectivity index (χ4v) is 0.834. The summed E-state index contributed by atoms with van der Waals surface area (Å²) in [5, 5.41) is 2.44. The number of carbonyl (C=O) groups is 1. The van der Waals surface area contributed by atoms with E-state index >= 15 is 0 Å². The van der Waals surface area contributed by atoms with Gasteiger partial charge in [0, 0.05) is 0 Å². The van der Waals surface area contributed by atoms with Gasteiger partial charge < -0.3 is 4.74 Å². The van der Waals surface area contributed by atoms with Gasteiger partial charge in [0.05, 0.1) is 6.61 Å². The van der Waals surface area contributed by atoms with E-state index in [9.17, 15) is 9.70 Å². The molecule has 0 aromatic rings. The molecule has 0 unspecified atom stereocenters. The van der Waals surface area contributed by atoms with Crippen LogP contribution in [0, 0.1) is 10.8 Å². The minimum Gasteiger partial charge on any atom is -0.464 e. The highest BCUT2D eigenvalue weighted by molar-refractivity contribution is 5.71. The summed E-state index contributed by atoms with van der Waals surface area (Å²) in [7, 11) is 0. The normalized spacial score (nSPS) is 9.92. The number of nitrogens with zero attached hydrogens (tertiary/aromatic N) is 1. The molecule has 12 heavy (non-hydrogen) atoms. The zero-order chi connectivity index (χ0) is 9.40. The molecule has 0 aliphatic carbocycles. The second kappa shape index (κ2) is 6.76. The maximum Gasteiger partial charge on any atom is 0.331 e. The van der Waals surface area contributed by atoms with Gasteiger partial charge in [-0.3, -0.25) is 0 Å². The van der Waals surface area contributed by atoms with E-state index in [1.54, 1.807) is 0 Å². The zero-order valence-electron chi connectivity index (χ0n) is 7.58. The van der Waals surface area contributed by atoms with Crippen molar-refractivity contribution < 1.29 is 9.53 Å². The summed E-state index contributed by atoms with van der Waals surface area (Å²) in [6.07, 6.45) is 1.97. The first-order valence-corrected chi connectivity index (χ1v) is 4.19. The molecule has 4 nitrogen and oxygen atoms in total. The quantitative estimate of drug-likeness (QED) is 0.454. The van der Waals surface area contributed by atoms with Gasteiger partial charge in [0.25, 0.3) is 0 Å². The van der Waals surface area contributed by atoms with E-state index < -0.39 is 5.97 Å². The number of hydrogen-bond donors (Lipinski definition) is 0. The summed E-state index contributed by atoms with van der Waals surface area (Å²) in [6, 6.07) is 0. The topological polar surface area (TPSA) is 55.7 Å². The van der Waals surface area contributed by atoms with Gasteiger partial charge >= 0.3 is 5.97 Å². The van der Waals surface area contributed by atoms with Crippen LogP contribution >= 0.6 is 0 Å². The van der Waals surface area contributed by atoms with Gasteiger partial charge in [0.15, 0.2) is 6.54 Å². The Kier molecular flexibility index (Phi) is 6.24. The van der Waals surface area contributed by atoms with E-state index in [1.165, 1.54) is 0 Å². The molecule has 4 heteroatoms. The molecule has 0 saturated heterocycles. The first-order chi connectivity index (χ1) is 5.74. The molecule has 0 bridgehead atoms. The number of esters is 1. The lowest BCUT2D eigenvalue weighted by Gasteiger charge is -2.11. The van der Waals surface area contributed by atoms with E-state index in [0.717, 1.165) is 12.8 Å². The molecule has 0 radical (unpaired) electrons. The average Bonchev–Trinajstić information content (AvgIpc) is 2.07. The fourth-order valence-electron chi connectivity index (χ4n) is 0.834. The van der Waals surface area contributed by atoms with Crippen LogP contribution in [0.2, 0.25) is 0 Å². The van der Waals surface area contributed by atoms with Crippen LogP contribution in [0.15, 0.2) is 5.18 Å². The van der Waals surface area contributed by atoms with Crippen LogP contribution in [0.1, 0.15) is 26.7 Å². The highest BCUT2D eigenvalue weighted by atomic mass is 16.5. The first-order valence-electron chi connectivity index (χ1n) is 4.19. The van der Waals surface area contributed by atoms with Crippen molar-refractivity contribution in [1.29, 1.82) is 0 Å². The summed E-state index contributed by atoms with van der Waals surface area (Å²) in [5.74, 6) is -0.127. The van der Waals surface area contributed by atoms with Crippen LogP contribution in [0.25, 0.3) is 0 Å². The van der Waals surface area contributed by atoms with Gasteiger partial charge in [-0.25, -0.2) is 4.79 Å². The van der Waals surface area contributed by atoms with Gasteiger partial charge in [-0.05, 0) is 5.92 Å². The molecule has 0 spiro atoms. The molecule has 0 aromatic carbocycles. The van der Waals surface area contributed by atoms with Crippen molar-refractivity contribution in [3.8, 4) is 0 Å². The smallest absolute Gasteiger partial charge is 0.331 e. The summed E-state index contributed by atoms with van der Waals surface area (Å²) >= 11 is 0. The van der Waals surface area contributed by atoms with Crippen LogP contribution in [0.3, 0.4) is 0 Å². The molecular weight excluding hydrogens is 158 g/mol. The van der Waals surface area contributed by atoms with Gasteiger partial charge in [-0.15, -0.1) is 0 Å². The van der Waals surface area contributed by atoms with E-state index in [0.29, 0.717) is 12.5 Å². The minimum absolute atomic E-state index is 0.375. The van der Waals surface area contributed by atoms with Crippen LogP contribution in [-0.4, -0.2) is 19.1 Å². The molecular formula is C8H15NO3. The van der Waals surface area contributed by atoms with Crippen LogP contribution < -0.4 is 0 Å². The van der Waals surface area contributed by atoms with E-state index in [2.05, 4.69) is 5.18 Å². The maximum atomic E-state index is 10.7. The van der Waals surface area contributed by atoms with Crippen molar-refractivity contribution >= 4 is 5.97 Å². The Morgan fingerprint density at radius 2 is 2.00 bits per heavy atom. The lowest BCUT2D eigenvalue weighted by Crippen LogP contribution is -2.14. The summed E-state index contributed by atoms with van der Waals surface area (Å²) in [6.45, 7) is 4.11. The molecule has 0 saturated carbocycles.